The van der Waals surface area contributed by atoms with E-state index < -0.39 is 15.9 Å². The SMILES string of the molecule is CS(=O)(=O)CCC(O)CCC1CCCO1. The van der Waals surface area contributed by atoms with Gasteiger partial charge in [-0.25, -0.2) is 8.42 Å². The molecule has 0 amide bonds. The zero-order valence-electron chi connectivity index (χ0n) is 9.18. The molecule has 0 spiro atoms. The molecular formula is C10H20O4S. The summed E-state index contributed by atoms with van der Waals surface area (Å²) in [5, 5.41) is 9.55. The number of aliphatic hydroxyl groups is 1. The maximum atomic E-state index is 10.9. The Bertz CT molecular complexity index is 267. The third-order valence-electron chi connectivity index (χ3n) is 2.67. The molecule has 2 atom stereocenters. The molecule has 0 saturated carbocycles. The Morgan fingerprint density at radius 2 is 2.20 bits per heavy atom. The van der Waals surface area contributed by atoms with E-state index in [2.05, 4.69) is 0 Å². The summed E-state index contributed by atoms with van der Waals surface area (Å²) >= 11 is 0. The first-order valence-corrected chi connectivity index (χ1v) is 7.51. The quantitative estimate of drug-likeness (QED) is 0.739. The molecule has 1 heterocycles. The molecule has 1 N–H and O–H groups in total. The lowest BCUT2D eigenvalue weighted by atomic mass is 10.1. The van der Waals surface area contributed by atoms with Gasteiger partial charge in [-0.05, 0) is 32.1 Å². The van der Waals surface area contributed by atoms with Crippen molar-refractivity contribution < 1.29 is 18.3 Å². The van der Waals surface area contributed by atoms with Crippen molar-refractivity contribution in [3.63, 3.8) is 0 Å². The van der Waals surface area contributed by atoms with Crippen LogP contribution in [0.1, 0.15) is 32.1 Å². The van der Waals surface area contributed by atoms with Crippen LogP contribution in [0.25, 0.3) is 0 Å². The summed E-state index contributed by atoms with van der Waals surface area (Å²) in [6, 6.07) is 0. The van der Waals surface area contributed by atoms with E-state index >= 15 is 0 Å². The third kappa shape index (κ3) is 6.12. The zero-order valence-corrected chi connectivity index (χ0v) is 10.0. The molecule has 90 valence electrons. The average Bonchev–Trinajstić information content (AvgIpc) is 2.62. The Balaban J connectivity index is 2.10. The molecule has 0 aliphatic carbocycles. The molecule has 1 fully saturated rings. The highest BCUT2D eigenvalue weighted by Gasteiger charge is 2.17. The van der Waals surface area contributed by atoms with Crippen LogP contribution >= 0.6 is 0 Å². The van der Waals surface area contributed by atoms with Crippen LogP contribution in [0.5, 0.6) is 0 Å². The Kier molecular flexibility index (Phi) is 5.02. The maximum absolute atomic E-state index is 10.9. The summed E-state index contributed by atoms with van der Waals surface area (Å²) in [5.74, 6) is 0.0691. The Morgan fingerprint density at radius 1 is 1.47 bits per heavy atom. The minimum atomic E-state index is -2.95. The molecule has 5 heteroatoms. The van der Waals surface area contributed by atoms with Gasteiger partial charge in [0.25, 0.3) is 0 Å². The molecule has 0 aromatic rings. The predicted molar refractivity (Wildman–Crippen MR) is 58.5 cm³/mol. The summed E-state index contributed by atoms with van der Waals surface area (Å²) in [5.41, 5.74) is 0. The number of aliphatic hydroxyl groups excluding tert-OH is 1. The second kappa shape index (κ2) is 5.82. The summed E-state index contributed by atoms with van der Waals surface area (Å²) in [6.45, 7) is 0.824. The predicted octanol–water partition coefficient (Wildman–Crippen LogP) is 0.741. The fourth-order valence-corrected chi connectivity index (χ4v) is 2.44. The molecule has 0 aromatic heterocycles. The molecular weight excluding hydrogens is 216 g/mol. The first-order valence-electron chi connectivity index (χ1n) is 5.45. The Morgan fingerprint density at radius 3 is 2.73 bits per heavy atom. The highest BCUT2D eigenvalue weighted by Crippen LogP contribution is 2.18. The summed E-state index contributed by atoms with van der Waals surface area (Å²) < 4.78 is 27.1. The molecule has 0 aromatic carbocycles. The smallest absolute Gasteiger partial charge is 0.147 e. The van der Waals surface area contributed by atoms with Crippen molar-refractivity contribution >= 4 is 9.84 Å². The van der Waals surface area contributed by atoms with Crippen molar-refractivity contribution in [1.82, 2.24) is 0 Å². The highest BCUT2D eigenvalue weighted by atomic mass is 32.2. The normalized spacial score (nSPS) is 24.3. The van der Waals surface area contributed by atoms with E-state index in [1.54, 1.807) is 0 Å². The number of hydrogen-bond acceptors (Lipinski definition) is 4. The van der Waals surface area contributed by atoms with Crippen LogP contribution in [-0.4, -0.2) is 44.3 Å². The van der Waals surface area contributed by atoms with Gasteiger partial charge in [0.05, 0.1) is 18.0 Å². The van der Waals surface area contributed by atoms with Crippen molar-refractivity contribution in [2.45, 2.75) is 44.3 Å². The van der Waals surface area contributed by atoms with Gasteiger partial charge < -0.3 is 9.84 Å². The van der Waals surface area contributed by atoms with Crippen molar-refractivity contribution in [3.8, 4) is 0 Å². The molecule has 15 heavy (non-hydrogen) atoms. The van der Waals surface area contributed by atoms with Gasteiger partial charge in [0.1, 0.15) is 9.84 Å². The second-order valence-corrected chi connectivity index (χ2v) is 6.54. The fraction of sp³-hybridized carbons (Fsp3) is 1.00. The Labute approximate surface area is 91.6 Å². The van der Waals surface area contributed by atoms with Crippen molar-refractivity contribution in [1.29, 1.82) is 0 Å². The number of hydrogen-bond donors (Lipinski definition) is 1. The van der Waals surface area contributed by atoms with Crippen molar-refractivity contribution in [3.05, 3.63) is 0 Å². The maximum Gasteiger partial charge on any atom is 0.147 e. The number of rotatable bonds is 6. The van der Waals surface area contributed by atoms with Crippen molar-refractivity contribution in [2.24, 2.45) is 0 Å². The largest absolute Gasteiger partial charge is 0.393 e. The summed E-state index contributed by atoms with van der Waals surface area (Å²) in [6.07, 6.45) is 4.95. The van der Waals surface area contributed by atoms with Crippen LogP contribution in [0.4, 0.5) is 0 Å². The molecule has 1 rings (SSSR count). The molecule has 0 bridgehead atoms. The van der Waals surface area contributed by atoms with E-state index in [0.29, 0.717) is 12.8 Å². The van der Waals surface area contributed by atoms with Crippen LogP contribution in [0.15, 0.2) is 0 Å². The minimum Gasteiger partial charge on any atom is -0.393 e. The van der Waals surface area contributed by atoms with Gasteiger partial charge >= 0.3 is 0 Å². The van der Waals surface area contributed by atoms with Gasteiger partial charge in [0, 0.05) is 12.9 Å². The lowest BCUT2D eigenvalue weighted by Crippen LogP contribution is -2.16. The summed E-state index contributed by atoms with van der Waals surface area (Å²) in [4.78, 5) is 0. The van der Waals surface area contributed by atoms with Crippen LogP contribution in [0.3, 0.4) is 0 Å². The molecule has 0 radical (unpaired) electrons. The van der Waals surface area contributed by atoms with E-state index in [1.807, 2.05) is 0 Å². The van der Waals surface area contributed by atoms with Gasteiger partial charge in [-0.15, -0.1) is 0 Å². The standard InChI is InChI=1S/C10H20O4S/c1-15(12,13)8-6-9(11)4-5-10-3-2-7-14-10/h9-11H,2-8H2,1H3. The first kappa shape index (κ1) is 12.9. The summed E-state index contributed by atoms with van der Waals surface area (Å²) in [7, 11) is -2.95. The molecule has 1 aliphatic rings. The Hall–Kier alpha value is -0.130. The van der Waals surface area contributed by atoms with Gasteiger partial charge in [-0.3, -0.25) is 0 Å². The van der Waals surface area contributed by atoms with Gasteiger partial charge in [0.15, 0.2) is 0 Å². The average molecular weight is 236 g/mol. The number of sulfone groups is 1. The third-order valence-corrected chi connectivity index (χ3v) is 3.65. The van der Waals surface area contributed by atoms with Crippen LogP contribution in [0, 0.1) is 0 Å². The highest BCUT2D eigenvalue weighted by molar-refractivity contribution is 7.90. The van der Waals surface area contributed by atoms with E-state index in [4.69, 9.17) is 4.74 Å². The van der Waals surface area contributed by atoms with Crippen LogP contribution in [-0.2, 0) is 14.6 Å². The van der Waals surface area contributed by atoms with E-state index in [1.165, 1.54) is 6.26 Å². The van der Waals surface area contributed by atoms with Crippen molar-refractivity contribution in [2.75, 3.05) is 18.6 Å². The zero-order chi connectivity index (χ0) is 11.3. The monoisotopic (exact) mass is 236 g/mol. The second-order valence-electron chi connectivity index (χ2n) is 4.28. The molecule has 1 aliphatic heterocycles. The lowest BCUT2D eigenvalue weighted by Gasteiger charge is -2.13. The first-order chi connectivity index (χ1) is 6.97. The molecule has 1 saturated heterocycles. The molecule has 4 nitrogen and oxygen atoms in total. The van der Waals surface area contributed by atoms with E-state index in [9.17, 15) is 13.5 Å². The lowest BCUT2D eigenvalue weighted by molar-refractivity contribution is 0.0805. The fourth-order valence-electron chi connectivity index (χ4n) is 1.74. The topological polar surface area (TPSA) is 63.6 Å². The van der Waals surface area contributed by atoms with E-state index in [0.717, 1.165) is 25.9 Å². The van der Waals surface area contributed by atoms with Gasteiger partial charge in [0.2, 0.25) is 0 Å². The minimum absolute atomic E-state index is 0.0691. The van der Waals surface area contributed by atoms with Gasteiger partial charge in [-0.2, -0.15) is 0 Å². The van der Waals surface area contributed by atoms with Crippen LogP contribution < -0.4 is 0 Å². The molecule has 2 unspecified atom stereocenters. The van der Waals surface area contributed by atoms with Crippen LogP contribution in [0.2, 0.25) is 0 Å². The van der Waals surface area contributed by atoms with Gasteiger partial charge in [-0.1, -0.05) is 0 Å². The number of ether oxygens (including phenoxy) is 1. The van der Waals surface area contributed by atoms with E-state index in [-0.39, 0.29) is 11.9 Å².